The highest BCUT2D eigenvalue weighted by molar-refractivity contribution is 5.82. The highest BCUT2D eigenvalue weighted by atomic mass is 19.4. The molecular weight excluding hydrogens is 295 g/mol. The Balaban J connectivity index is 2.22. The van der Waals surface area contributed by atoms with Crippen molar-refractivity contribution in [3.05, 3.63) is 53.9 Å². The molecule has 0 aliphatic rings. The third-order valence-corrected chi connectivity index (χ3v) is 2.87. The summed E-state index contributed by atoms with van der Waals surface area (Å²) < 4.78 is 39.4. The molecule has 0 aliphatic carbocycles. The van der Waals surface area contributed by atoms with Gasteiger partial charge in [0.15, 0.2) is 0 Å². The first-order valence-corrected chi connectivity index (χ1v) is 6.28. The molecule has 2 rings (SSSR count). The number of hydrazone groups is 1. The van der Waals surface area contributed by atoms with Gasteiger partial charge in [-0.1, -0.05) is 0 Å². The summed E-state index contributed by atoms with van der Waals surface area (Å²) in [6, 6.07) is 8.40. The maximum Gasteiger partial charge on any atom is 0.416 e. The molecule has 5 nitrogen and oxygen atoms in total. The van der Waals surface area contributed by atoms with E-state index in [9.17, 15) is 13.2 Å². The van der Waals surface area contributed by atoms with Crippen molar-refractivity contribution in [3.8, 4) is 5.69 Å². The third-order valence-electron chi connectivity index (χ3n) is 2.87. The fourth-order valence-corrected chi connectivity index (χ4v) is 1.76. The van der Waals surface area contributed by atoms with Crippen LogP contribution in [0.3, 0.4) is 0 Å². The van der Waals surface area contributed by atoms with E-state index in [-0.39, 0.29) is 5.96 Å². The zero-order valence-corrected chi connectivity index (χ0v) is 11.7. The van der Waals surface area contributed by atoms with Gasteiger partial charge in [-0.05, 0) is 36.4 Å². The van der Waals surface area contributed by atoms with Crippen molar-refractivity contribution in [1.29, 1.82) is 0 Å². The van der Waals surface area contributed by atoms with E-state index < -0.39 is 11.7 Å². The first-order chi connectivity index (χ1) is 10.4. The van der Waals surface area contributed by atoms with E-state index in [1.54, 1.807) is 22.9 Å². The molecule has 0 fully saturated rings. The number of hydrogen-bond donors (Lipinski definition) is 2. The van der Waals surface area contributed by atoms with Crippen LogP contribution in [0, 0.1) is 0 Å². The van der Waals surface area contributed by atoms with Gasteiger partial charge in [0.05, 0.1) is 17.5 Å². The van der Waals surface area contributed by atoms with Crippen LogP contribution in [0.2, 0.25) is 0 Å². The fourth-order valence-electron chi connectivity index (χ4n) is 1.76. The van der Waals surface area contributed by atoms with E-state index >= 15 is 0 Å². The second-order valence-electron chi connectivity index (χ2n) is 4.33. The molecule has 0 aliphatic heterocycles. The summed E-state index contributed by atoms with van der Waals surface area (Å²) in [6.07, 6.45) is -1.13. The average molecular weight is 309 g/mol. The number of alkyl halides is 3. The summed E-state index contributed by atoms with van der Waals surface area (Å²) in [6.45, 7) is 0. The van der Waals surface area contributed by atoms with E-state index in [1.807, 2.05) is 0 Å². The Labute approximate surface area is 125 Å². The van der Waals surface area contributed by atoms with Crippen LogP contribution >= 0.6 is 0 Å². The lowest BCUT2D eigenvalue weighted by Gasteiger charge is -2.09. The fraction of sp³-hybridized carbons (Fsp3) is 0.143. The molecular formula is C14H14F3N5. The first kappa shape index (κ1) is 15.6. The van der Waals surface area contributed by atoms with Gasteiger partial charge in [0.25, 0.3) is 0 Å². The molecule has 0 atom stereocenters. The minimum Gasteiger partial charge on any atom is -0.369 e. The van der Waals surface area contributed by atoms with E-state index in [1.165, 1.54) is 25.4 Å². The van der Waals surface area contributed by atoms with Crippen LogP contribution in [-0.4, -0.2) is 23.8 Å². The van der Waals surface area contributed by atoms with Crippen LogP contribution in [0.25, 0.3) is 5.69 Å². The molecule has 0 saturated carbocycles. The molecule has 0 spiro atoms. The van der Waals surface area contributed by atoms with Crippen LogP contribution in [0.15, 0.2) is 52.7 Å². The van der Waals surface area contributed by atoms with Crippen molar-refractivity contribution in [1.82, 2.24) is 9.99 Å². The minimum atomic E-state index is -4.35. The van der Waals surface area contributed by atoms with E-state index in [0.717, 1.165) is 12.1 Å². The number of aliphatic imine (C=N–C) groups is 1. The lowest BCUT2D eigenvalue weighted by atomic mass is 10.2. The van der Waals surface area contributed by atoms with E-state index in [4.69, 9.17) is 5.73 Å². The number of rotatable bonds is 3. The molecule has 0 unspecified atom stereocenters. The van der Waals surface area contributed by atoms with Gasteiger partial charge in [-0.15, -0.1) is 0 Å². The number of hydrogen-bond acceptors (Lipinski definition) is 2. The molecule has 0 bridgehead atoms. The van der Waals surface area contributed by atoms with Crippen molar-refractivity contribution in [2.45, 2.75) is 6.18 Å². The van der Waals surface area contributed by atoms with Crippen LogP contribution in [0.4, 0.5) is 13.2 Å². The number of nitrogens with two attached hydrogens (primary N) is 1. The van der Waals surface area contributed by atoms with Gasteiger partial charge in [0, 0.05) is 18.9 Å². The van der Waals surface area contributed by atoms with Gasteiger partial charge in [-0.3, -0.25) is 4.99 Å². The number of benzene rings is 1. The van der Waals surface area contributed by atoms with E-state index in [2.05, 4.69) is 15.5 Å². The van der Waals surface area contributed by atoms with E-state index in [0.29, 0.717) is 11.4 Å². The lowest BCUT2D eigenvalue weighted by Crippen LogP contribution is -2.26. The van der Waals surface area contributed by atoms with Crippen molar-refractivity contribution in [2.24, 2.45) is 15.8 Å². The van der Waals surface area contributed by atoms with Gasteiger partial charge in [0.1, 0.15) is 0 Å². The van der Waals surface area contributed by atoms with Gasteiger partial charge in [0.2, 0.25) is 5.96 Å². The Morgan fingerprint density at radius 3 is 2.50 bits per heavy atom. The van der Waals surface area contributed by atoms with Crippen molar-refractivity contribution < 1.29 is 13.2 Å². The van der Waals surface area contributed by atoms with Gasteiger partial charge in [-0.25, -0.2) is 5.43 Å². The number of halogens is 3. The number of nitrogens with zero attached hydrogens (tertiary/aromatic N) is 3. The third kappa shape index (κ3) is 3.66. The van der Waals surface area contributed by atoms with Crippen LogP contribution in [-0.2, 0) is 6.18 Å². The molecule has 1 aromatic carbocycles. The predicted molar refractivity (Wildman–Crippen MR) is 79.0 cm³/mol. The Morgan fingerprint density at radius 2 is 1.91 bits per heavy atom. The standard InChI is InChI=1S/C14H14F3N5/c1-19-13(18)21-20-9-12-3-2-8-22(12)11-6-4-10(5-7-11)14(15,16)17/h2-9H,1H3,(H3,18,19,21)/b20-9+. The molecule has 1 aromatic heterocycles. The topological polar surface area (TPSA) is 67.7 Å². The Morgan fingerprint density at radius 1 is 1.23 bits per heavy atom. The SMILES string of the molecule is CN=C(N)N/N=C/c1cccn1-c1ccc(C(F)(F)F)cc1. The predicted octanol–water partition coefficient (Wildman–Crippen LogP) is 2.36. The number of guanidine groups is 1. The van der Waals surface area contributed by atoms with Crippen LogP contribution in [0.1, 0.15) is 11.3 Å². The van der Waals surface area contributed by atoms with Crippen LogP contribution in [0.5, 0.6) is 0 Å². The second kappa shape index (κ2) is 6.33. The molecule has 3 N–H and O–H groups in total. The summed E-state index contributed by atoms with van der Waals surface area (Å²) in [5.74, 6) is 0.156. The van der Waals surface area contributed by atoms with Gasteiger partial charge < -0.3 is 10.3 Å². The zero-order chi connectivity index (χ0) is 16.2. The highest BCUT2D eigenvalue weighted by Crippen LogP contribution is 2.29. The van der Waals surface area contributed by atoms with Gasteiger partial charge >= 0.3 is 6.18 Å². The molecule has 8 heteroatoms. The Kier molecular flexibility index (Phi) is 4.50. The number of aromatic nitrogens is 1. The summed E-state index contributed by atoms with van der Waals surface area (Å²) in [5.41, 5.74) is 8.53. The lowest BCUT2D eigenvalue weighted by molar-refractivity contribution is -0.137. The van der Waals surface area contributed by atoms with Crippen molar-refractivity contribution in [3.63, 3.8) is 0 Å². The summed E-state index contributed by atoms with van der Waals surface area (Å²) in [5, 5.41) is 3.90. The average Bonchev–Trinajstić information content (AvgIpc) is 2.94. The molecule has 0 saturated heterocycles. The molecule has 1 heterocycles. The molecule has 0 amide bonds. The molecule has 116 valence electrons. The quantitative estimate of drug-likeness (QED) is 0.519. The first-order valence-electron chi connectivity index (χ1n) is 6.28. The Bertz CT molecular complexity index is 683. The zero-order valence-electron chi connectivity index (χ0n) is 11.7. The van der Waals surface area contributed by atoms with Crippen molar-refractivity contribution >= 4 is 12.2 Å². The maximum absolute atomic E-state index is 12.6. The normalized spacial score (nSPS) is 12.8. The largest absolute Gasteiger partial charge is 0.416 e. The Hall–Kier alpha value is -2.77. The number of nitrogens with one attached hydrogen (secondary N) is 1. The second-order valence-corrected chi connectivity index (χ2v) is 4.33. The smallest absolute Gasteiger partial charge is 0.369 e. The summed E-state index contributed by atoms with van der Waals surface area (Å²) >= 11 is 0. The summed E-state index contributed by atoms with van der Waals surface area (Å²) in [7, 11) is 1.52. The maximum atomic E-state index is 12.6. The molecule has 22 heavy (non-hydrogen) atoms. The highest BCUT2D eigenvalue weighted by Gasteiger charge is 2.29. The van der Waals surface area contributed by atoms with Crippen LogP contribution < -0.4 is 11.2 Å². The monoisotopic (exact) mass is 309 g/mol. The molecule has 0 radical (unpaired) electrons. The summed E-state index contributed by atoms with van der Waals surface area (Å²) in [4.78, 5) is 3.68. The molecule has 2 aromatic rings. The minimum absolute atomic E-state index is 0.156. The van der Waals surface area contributed by atoms with Crippen molar-refractivity contribution in [2.75, 3.05) is 7.05 Å². The van der Waals surface area contributed by atoms with Gasteiger partial charge in [-0.2, -0.15) is 18.3 Å².